The molecule has 0 amide bonds. The Bertz CT molecular complexity index is 688. The van der Waals surface area contributed by atoms with Crippen molar-refractivity contribution in [3.05, 3.63) is 54.1 Å². The lowest BCUT2D eigenvalue weighted by Crippen LogP contribution is -2.08. The molecular weight excluding hydrogens is 412 g/mol. The van der Waals surface area contributed by atoms with Crippen molar-refractivity contribution in [2.24, 2.45) is 0 Å². The van der Waals surface area contributed by atoms with Gasteiger partial charge in [-0.3, -0.25) is 0 Å². The number of rotatable bonds is 12. The van der Waals surface area contributed by atoms with Crippen LogP contribution in [0.15, 0.2) is 48.5 Å². The Kier molecular flexibility index (Phi) is 14.4. The van der Waals surface area contributed by atoms with E-state index in [9.17, 15) is 4.79 Å². The summed E-state index contributed by atoms with van der Waals surface area (Å²) in [6, 6.07) is 14.0. The Morgan fingerprint density at radius 3 is 1.97 bits per heavy atom. The van der Waals surface area contributed by atoms with E-state index >= 15 is 0 Å². The SMILES string of the molecule is CCCCCCCCOc1ccc(C(=O)Oc2ccc(OC)cc2)cc1.C[SiH2]O[SiH3]. The first kappa shape index (κ1) is 25.9. The number of esters is 1. The number of carbonyl (C=O) groups excluding carboxylic acids is 1. The van der Waals surface area contributed by atoms with Gasteiger partial charge in [0.1, 0.15) is 37.5 Å². The zero-order chi connectivity index (χ0) is 22.0. The fourth-order valence-electron chi connectivity index (χ4n) is 2.57. The minimum Gasteiger partial charge on any atom is -0.497 e. The van der Waals surface area contributed by atoms with Crippen LogP contribution in [0.5, 0.6) is 17.2 Å². The topological polar surface area (TPSA) is 54.0 Å². The molecule has 0 aromatic heterocycles. The molecule has 0 aliphatic heterocycles. The molecule has 0 radical (unpaired) electrons. The van der Waals surface area contributed by atoms with Gasteiger partial charge in [0.2, 0.25) is 0 Å². The summed E-state index contributed by atoms with van der Waals surface area (Å²) in [7, 11) is 2.53. The van der Waals surface area contributed by atoms with Gasteiger partial charge >= 0.3 is 5.97 Å². The van der Waals surface area contributed by atoms with E-state index < -0.39 is 5.97 Å². The maximum absolute atomic E-state index is 12.2. The second-order valence-electron chi connectivity index (χ2n) is 6.78. The van der Waals surface area contributed by atoms with Crippen LogP contribution in [0, 0.1) is 0 Å². The van der Waals surface area contributed by atoms with Crippen molar-refractivity contribution < 1.29 is 23.1 Å². The second-order valence-corrected chi connectivity index (χ2v) is 9.67. The monoisotopic (exact) mass is 448 g/mol. The summed E-state index contributed by atoms with van der Waals surface area (Å²) in [6.45, 7) is 5.06. The molecule has 0 N–H and O–H groups in total. The van der Waals surface area contributed by atoms with Crippen LogP contribution in [0.1, 0.15) is 55.8 Å². The molecule has 2 aromatic rings. The summed E-state index contributed by atoms with van der Waals surface area (Å²) < 4.78 is 21.0. The molecule has 0 saturated heterocycles. The number of ether oxygens (including phenoxy) is 3. The standard InChI is InChI=1S/C22H28O4.CH8OSi2/c1-3-4-5-6-7-8-17-25-20-11-9-18(10-12-20)22(23)26-21-15-13-19(24-2)14-16-21;1-4-2-3/h9-16H,3-8,17H2,1-2H3;4H2,1,3H3. The Balaban J connectivity index is 0.00000103. The van der Waals surface area contributed by atoms with Crippen molar-refractivity contribution in [2.45, 2.75) is 52.0 Å². The molecule has 7 heteroatoms. The van der Waals surface area contributed by atoms with Gasteiger partial charge in [-0.2, -0.15) is 0 Å². The van der Waals surface area contributed by atoms with Crippen LogP contribution < -0.4 is 14.2 Å². The first-order valence-electron chi connectivity index (χ1n) is 10.7. The highest BCUT2D eigenvalue weighted by Crippen LogP contribution is 2.19. The summed E-state index contributed by atoms with van der Waals surface area (Å²) in [5, 5.41) is 0. The van der Waals surface area contributed by atoms with Crippen molar-refractivity contribution in [2.75, 3.05) is 13.7 Å². The Hall–Kier alpha value is -2.10. The first-order chi connectivity index (χ1) is 14.6. The van der Waals surface area contributed by atoms with E-state index in [0.29, 0.717) is 17.9 Å². The van der Waals surface area contributed by atoms with Crippen molar-refractivity contribution in [1.82, 2.24) is 0 Å². The molecule has 0 atom stereocenters. The molecule has 0 unspecified atom stereocenters. The number of hydrogen-bond donors (Lipinski definition) is 0. The fourth-order valence-corrected chi connectivity index (χ4v) is 2.57. The minimum absolute atomic E-state index is 0.0139. The normalized spacial score (nSPS) is 10.5. The Morgan fingerprint density at radius 2 is 1.40 bits per heavy atom. The summed E-state index contributed by atoms with van der Waals surface area (Å²) in [5.74, 6) is 1.59. The summed E-state index contributed by atoms with van der Waals surface area (Å²) in [6.07, 6.45) is 7.42. The van der Waals surface area contributed by atoms with Gasteiger partial charge in [0.15, 0.2) is 0 Å². The fraction of sp³-hybridized carbons (Fsp3) is 0.435. The number of carbonyl (C=O) groups is 1. The maximum atomic E-state index is 12.2. The van der Waals surface area contributed by atoms with E-state index in [4.69, 9.17) is 18.3 Å². The van der Waals surface area contributed by atoms with E-state index in [-0.39, 0.29) is 9.76 Å². The van der Waals surface area contributed by atoms with Crippen molar-refractivity contribution in [3.8, 4) is 17.2 Å². The lowest BCUT2D eigenvalue weighted by Gasteiger charge is -2.08. The molecule has 166 valence electrons. The summed E-state index contributed by atoms with van der Waals surface area (Å²) in [4.78, 5) is 12.2. The van der Waals surface area contributed by atoms with Gasteiger partial charge in [0.05, 0.1) is 19.3 Å². The number of benzene rings is 2. The van der Waals surface area contributed by atoms with E-state index in [0.717, 1.165) is 28.4 Å². The first-order valence-corrected chi connectivity index (χ1v) is 13.5. The molecule has 0 fully saturated rings. The van der Waals surface area contributed by atoms with Crippen molar-refractivity contribution in [1.29, 1.82) is 0 Å². The minimum atomic E-state index is -0.391. The predicted octanol–water partition coefficient (Wildman–Crippen LogP) is 4.07. The zero-order valence-electron chi connectivity index (χ0n) is 18.8. The van der Waals surface area contributed by atoms with Gasteiger partial charge in [-0.05, 0) is 55.0 Å². The molecule has 0 heterocycles. The van der Waals surface area contributed by atoms with Crippen LogP contribution in [0.2, 0.25) is 6.55 Å². The summed E-state index contributed by atoms with van der Waals surface area (Å²) in [5.41, 5.74) is 0.493. The molecule has 2 aromatic carbocycles. The lowest BCUT2D eigenvalue weighted by molar-refractivity contribution is 0.0734. The van der Waals surface area contributed by atoms with Crippen LogP contribution in [0.4, 0.5) is 0 Å². The predicted molar refractivity (Wildman–Crippen MR) is 129 cm³/mol. The van der Waals surface area contributed by atoms with Crippen LogP contribution in [-0.4, -0.2) is 39.9 Å². The average Bonchev–Trinajstić information content (AvgIpc) is 2.79. The van der Waals surface area contributed by atoms with Gasteiger partial charge < -0.3 is 18.3 Å². The number of methoxy groups -OCH3 is 1. The van der Waals surface area contributed by atoms with Crippen molar-refractivity contribution in [3.63, 3.8) is 0 Å². The van der Waals surface area contributed by atoms with Crippen LogP contribution in [0.25, 0.3) is 0 Å². The Morgan fingerprint density at radius 1 is 0.867 bits per heavy atom. The molecule has 30 heavy (non-hydrogen) atoms. The number of hydrogen-bond acceptors (Lipinski definition) is 5. The second kappa shape index (κ2) is 16.7. The largest absolute Gasteiger partial charge is 0.497 e. The molecule has 0 saturated carbocycles. The molecule has 0 bridgehead atoms. The molecule has 0 aliphatic rings. The van der Waals surface area contributed by atoms with Crippen molar-refractivity contribution >= 4 is 26.2 Å². The average molecular weight is 449 g/mol. The third-order valence-electron chi connectivity index (χ3n) is 4.42. The van der Waals surface area contributed by atoms with Crippen LogP contribution in [0.3, 0.4) is 0 Å². The van der Waals surface area contributed by atoms with Gasteiger partial charge in [-0.1, -0.05) is 45.6 Å². The lowest BCUT2D eigenvalue weighted by atomic mass is 10.1. The van der Waals surface area contributed by atoms with Gasteiger partial charge in [0, 0.05) is 0 Å². The third kappa shape index (κ3) is 11.2. The van der Waals surface area contributed by atoms with E-state index in [2.05, 4.69) is 13.5 Å². The summed E-state index contributed by atoms with van der Waals surface area (Å²) >= 11 is 0. The van der Waals surface area contributed by atoms with Gasteiger partial charge in [0.25, 0.3) is 0 Å². The third-order valence-corrected chi connectivity index (χ3v) is 6.72. The van der Waals surface area contributed by atoms with E-state index in [1.54, 1.807) is 43.5 Å². The smallest absolute Gasteiger partial charge is 0.343 e. The molecule has 0 spiro atoms. The molecule has 2 rings (SSSR count). The highest BCUT2D eigenvalue weighted by atomic mass is 28.3. The zero-order valence-corrected chi connectivity index (χ0v) is 22.2. The molecular formula is C23H36O5Si2. The van der Waals surface area contributed by atoms with Crippen LogP contribution >= 0.6 is 0 Å². The van der Waals surface area contributed by atoms with Crippen LogP contribution in [-0.2, 0) is 4.12 Å². The van der Waals surface area contributed by atoms with E-state index in [1.807, 2.05) is 12.1 Å². The number of unbranched alkanes of at least 4 members (excludes halogenated alkanes) is 5. The highest BCUT2D eigenvalue weighted by molar-refractivity contribution is 6.32. The molecule has 0 aliphatic carbocycles. The highest BCUT2D eigenvalue weighted by Gasteiger charge is 2.09. The quantitative estimate of drug-likeness (QED) is 0.212. The van der Waals surface area contributed by atoms with E-state index in [1.165, 1.54) is 32.1 Å². The maximum Gasteiger partial charge on any atom is 0.343 e. The van der Waals surface area contributed by atoms with Gasteiger partial charge in [-0.15, -0.1) is 0 Å². The molecule has 5 nitrogen and oxygen atoms in total. The van der Waals surface area contributed by atoms with Gasteiger partial charge in [-0.25, -0.2) is 4.79 Å². The Labute approximate surface area is 186 Å².